The summed E-state index contributed by atoms with van der Waals surface area (Å²) in [5.41, 5.74) is 0. The van der Waals surface area contributed by atoms with Crippen molar-refractivity contribution in [1.82, 2.24) is 0 Å². The number of hydrogen-bond donors (Lipinski definition) is 5. The molecule has 2 unspecified atom stereocenters. The van der Waals surface area contributed by atoms with Crippen molar-refractivity contribution in [2.24, 2.45) is 0 Å². The Morgan fingerprint density at radius 1 is 0.548 bits per heavy atom. The van der Waals surface area contributed by atoms with Gasteiger partial charge in [-0.05, 0) is 83.5 Å². The summed E-state index contributed by atoms with van der Waals surface area (Å²) in [5, 5.41) is 19.9. The van der Waals surface area contributed by atoms with Gasteiger partial charge in [-0.15, -0.1) is 0 Å². The summed E-state index contributed by atoms with van der Waals surface area (Å²) in [6.45, 7) is 1.35. The normalized spacial score (nSPS) is 15.5. The Morgan fingerprint density at radius 3 is 1.68 bits per heavy atom. The lowest BCUT2D eigenvalue weighted by Gasteiger charge is -2.20. The van der Waals surface area contributed by atoms with Crippen LogP contribution in [0.2, 0.25) is 0 Å². The molecule has 4 atom stereocenters. The molecule has 0 fully saturated rings. The molecule has 0 aromatic carbocycles. The maximum Gasteiger partial charge on any atom is 0.472 e. The first-order valence-electron chi connectivity index (χ1n) is 21.7. The SMILES string of the molecule is CC/C=C\C/C=C\C/C=C\C/C=C\C=C/C(O)C/C=C\CCC(=O)OC[C@H](COP(=O)(O)OC[C@@H](O)COP(=O)(O)O)OC(=O)CCCC/C=C\C/C=C\C/C=C\CCCCC. The molecule has 0 heterocycles. The van der Waals surface area contributed by atoms with E-state index in [1.165, 1.54) is 19.3 Å². The van der Waals surface area contributed by atoms with Gasteiger partial charge in [0.05, 0.1) is 25.9 Å². The number of allylic oxidation sites excluding steroid dienone is 16. The van der Waals surface area contributed by atoms with Crippen LogP contribution in [0.15, 0.2) is 109 Å². The number of carbonyl (C=O) groups is 2. The van der Waals surface area contributed by atoms with Crippen molar-refractivity contribution in [3.05, 3.63) is 109 Å². The zero-order valence-corrected chi connectivity index (χ0v) is 38.6. The third-order valence-corrected chi connectivity index (χ3v) is 9.67. The third-order valence-electron chi connectivity index (χ3n) is 8.23. The highest BCUT2D eigenvalue weighted by Crippen LogP contribution is 2.43. The van der Waals surface area contributed by atoms with Crippen molar-refractivity contribution in [2.75, 3.05) is 26.4 Å². The van der Waals surface area contributed by atoms with Gasteiger partial charge in [0.15, 0.2) is 6.10 Å². The van der Waals surface area contributed by atoms with Crippen LogP contribution in [-0.4, -0.2) is 81.6 Å². The summed E-state index contributed by atoms with van der Waals surface area (Å²) in [6, 6.07) is 0. The molecule has 0 aliphatic heterocycles. The van der Waals surface area contributed by atoms with Gasteiger partial charge < -0.3 is 34.4 Å². The van der Waals surface area contributed by atoms with Crippen LogP contribution in [0.3, 0.4) is 0 Å². The molecule has 62 heavy (non-hydrogen) atoms. The molecule has 0 saturated heterocycles. The second kappa shape index (κ2) is 40.5. The van der Waals surface area contributed by atoms with Crippen molar-refractivity contribution < 1.29 is 66.7 Å². The number of esters is 2. The van der Waals surface area contributed by atoms with Crippen LogP contribution in [0.25, 0.3) is 0 Å². The molecular formula is C46H74O14P2. The lowest BCUT2D eigenvalue weighted by molar-refractivity contribution is -0.161. The molecule has 16 heteroatoms. The molecule has 0 saturated carbocycles. The van der Waals surface area contributed by atoms with Crippen LogP contribution in [0.4, 0.5) is 0 Å². The molecular weight excluding hydrogens is 838 g/mol. The zero-order chi connectivity index (χ0) is 46.0. The van der Waals surface area contributed by atoms with Crippen molar-refractivity contribution >= 4 is 27.6 Å². The van der Waals surface area contributed by atoms with E-state index in [0.717, 1.165) is 51.4 Å². The van der Waals surface area contributed by atoms with Crippen LogP contribution < -0.4 is 0 Å². The number of phosphoric ester groups is 2. The lowest BCUT2D eigenvalue weighted by atomic mass is 10.1. The molecule has 0 aliphatic carbocycles. The van der Waals surface area contributed by atoms with Gasteiger partial charge >= 0.3 is 27.6 Å². The third kappa shape index (κ3) is 43.4. The van der Waals surface area contributed by atoms with E-state index in [0.29, 0.717) is 25.7 Å². The van der Waals surface area contributed by atoms with E-state index in [9.17, 15) is 33.8 Å². The molecule has 5 N–H and O–H groups in total. The summed E-state index contributed by atoms with van der Waals surface area (Å²) in [4.78, 5) is 52.7. The fourth-order valence-electron chi connectivity index (χ4n) is 4.93. The Morgan fingerprint density at radius 2 is 1.08 bits per heavy atom. The van der Waals surface area contributed by atoms with Gasteiger partial charge in [-0.2, -0.15) is 0 Å². The molecule has 0 rings (SSSR count). The number of hydrogen-bond acceptors (Lipinski definition) is 11. The first kappa shape index (κ1) is 58.7. The second-order valence-corrected chi connectivity index (χ2v) is 16.8. The fraction of sp³-hybridized carbons (Fsp3) is 0.565. The molecule has 14 nitrogen and oxygen atoms in total. The monoisotopic (exact) mass is 912 g/mol. The largest absolute Gasteiger partial charge is 0.472 e. The van der Waals surface area contributed by atoms with Crippen LogP contribution in [-0.2, 0) is 41.8 Å². The molecule has 0 amide bonds. The molecule has 0 radical (unpaired) electrons. The minimum atomic E-state index is -4.89. The van der Waals surface area contributed by atoms with Gasteiger partial charge in [0.2, 0.25) is 0 Å². The lowest BCUT2D eigenvalue weighted by Crippen LogP contribution is -2.29. The van der Waals surface area contributed by atoms with E-state index in [2.05, 4.69) is 89.7 Å². The Kier molecular flexibility index (Phi) is 38.4. The van der Waals surface area contributed by atoms with Gasteiger partial charge in [-0.1, -0.05) is 136 Å². The quantitative estimate of drug-likeness (QED) is 0.0128. The summed E-state index contributed by atoms with van der Waals surface area (Å²) >= 11 is 0. The predicted octanol–water partition coefficient (Wildman–Crippen LogP) is 10.1. The standard InChI is InChI=1S/C46H74O14P2/c1-3-5-7-9-11-13-15-17-18-20-22-24-26-28-32-37-46(50)60-44(41-59-62(54,55)58-39-43(48)38-57-61(51,52)53)40-56-45(49)36-33-29-31-35-42(47)34-30-27-25-23-21-19-16-14-12-10-8-6-4-2/h6,8,11-14,17-19,21-22,24-25,27,29-31,34,42-44,47-48H,3-5,7,9-10,15-16,20,23,26,28,32-33,35-41H2,1-2H3,(H,54,55)(H2,51,52,53)/b8-6-,13-11-,14-12-,18-17-,21-19-,24-22-,27-25-,31-29-,34-30-/t42?,43-,44+/m0/s1. The fourth-order valence-corrected chi connectivity index (χ4v) is 6.09. The van der Waals surface area contributed by atoms with Gasteiger partial charge in [0.25, 0.3) is 0 Å². The molecule has 0 spiro atoms. The maximum atomic E-state index is 12.6. The van der Waals surface area contributed by atoms with Crippen LogP contribution in [0, 0.1) is 0 Å². The van der Waals surface area contributed by atoms with Gasteiger partial charge in [-0.25, -0.2) is 9.13 Å². The Balaban J connectivity index is 4.81. The highest BCUT2D eigenvalue weighted by molar-refractivity contribution is 7.47. The van der Waals surface area contributed by atoms with Crippen molar-refractivity contribution in [3.8, 4) is 0 Å². The summed E-state index contributed by atoms with van der Waals surface area (Å²) < 4.78 is 47.6. The number of ether oxygens (including phenoxy) is 2. The number of rotatable bonds is 39. The van der Waals surface area contributed by atoms with Crippen molar-refractivity contribution in [3.63, 3.8) is 0 Å². The van der Waals surface area contributed by atoms with E-state index in [-0.39, 0.29) is 12.8 Å². The second-order valence-electron chi connectivity index (χ2n) is 14.1. The van der Waals surface area contributed by atoms with E-state index in [1.807, 2.05) is 18.2 Å². The number of phosphoric acid groups is 2. The van der Waals surface area contributed by atoms with Gasteiger partial charge in [0.1, 0.15) is 12.7 Å². The molecule has 0 aromatic rings. The number of aliphatic hydroxyl groups excluding tert-OH is 2. The Hall–Kier alpha value is -3.26. The first-order chi connectivity index (χ1) is 29.8. The van der Waals surface area contributed by atoms with Gasteiger partial charge in [0, 0.05) is 12.8 Å². The van der Waals surface area contributed by atoms with Crippen LogP contribution in [0.5, 0.6) is 0 Å². The average Bonchev–Trinajstić information content (AvgIpc) is 3.23. The van der Waals surface area contributed by atoms with Crippen molar-refractivity contribution in [2.45, 2.75) is 141 Å². The smallest absolute Gasteiger partial charge is 0.462 e. The topological polar surface area (TPSA) is 216 Å². The van der Waals surface area contributed by atoms with Gasteiger partial charge in [-0.3, -0.25) is 23.2 Å². The molecule has 352 valence electrons. The Labute approximate surface area is 370 Å². The zero-order valence-electron chi connectivity index (χ0n) is 36.8. The maximum absolute atomic E-state index is 12.6. The number of aliphatic hydroxyl groups is 2. The number of unbranched alkanes of at least 4 members (excludes halogenated alkanes) is 5. The van der Waals surface area contributed by atoms with E-state index in [1.54, 1.807) is 24.3 Å². The average molecular weight is 913 g/mol. The molecule has 0 aliphatic rings. The summed E-state index contributed by atoms with van der Waals surface area (Å²) in [5.74, 6) is -1.27. The molecule has 0 bridgehead atoms. The first-order valence-corrected chi connectivity index (χ1v) is 24.7. The van der Waals surface area contributed by atoms with Crippen molar-refractivity contribution in [1.29, 1.82) is 0 Å². The highest BCUT2D eigenvalue weighted by atomic mass is 31.2. The predicted molar refractivity (Wildman–Crippen MR) is 245 cm³/mol. The highest BCUT2D eigenvalue weighted by Gasteiger charge is 2.28. The van der Waals surface area contributed by atoms with E-state index >= 15 is 0 Å². The minimum absolute atomic E-state index is 0.0262. The van der Waals surface area contributed by atoms with E-state index in [4.69, 9.17) is 23.8 Å². The summed E-state index contributed by atoms with van der Waals surface area (Å²) in [6.07, 6.45) is 45.5. The minimum Gasteiger partial charge on any atom is -0.462 e. The van der Waals surface area contributed by atoms with Crippen LogP contribution in [0.1, 0.15) is 123 Å². The Bertz CT molecular complexity index is 1520. The van der Waals surface area contributed by atoms with E-state index < -0.39 is 72.3 Å². The molecule has 0 aromatic heterocycles. The van der Waals surface area contributed by atoms with Crippen LogP contribution >= 0.6 is 15.6 Å². The number of carbonyl (C=O) groups excluding carboxylic acids is 2. The summed E-state index contributed by atoms with van der Waals surface area (Å²) in [7, 11) is -9.76.